The van der Waals surface area contributed by atoms with Crippen LogP contribution in [0, 0.1) is 0 Å². The molecule has 1 aliphatic heterocycles. The number of fused-ring (bicyclic) bond motifs is 1. The van der Waals surface area contributed by atoms with Crippen LogP contribution in [-0.2, 0) is 4.79 Å². The summed E-state index contributed by atoms with van der Waals surface area (Å²) in [5.74, 6) is -2.02. The van der Waals surface area contributed by atoms with Crippen molar-refractivity contribution in [2.45, 2.75) is 6.42 Å². The summed E-state index contributed by atoms with van der Waals surface area (Å²) in [4.78, 5) is 32.9. The predicted octanol–water partition coefficient (Wildman–Crippen LogP) is 0.877. The largest absolute Gasteiger partial charge is 0.478 e. The number of hydrogen-bond donors (Lipinski definition) is 1. The van der Waals surface area contributed by atoms with Gasteiger partial charge in [0.1, 0.15) is 12.2 Å². The molecular weight excluding hydrogens is 200 g/mol. The van der Waals surface area contributed by atoms with Gasteiger partial charge in [0.25, 0.3) is 0 Å². The number of carbonyl (C=O) groups excluding carboxylic acids is 2. The summed E-state index contributed by atoms with van der Waals surface area (Å²) >= 11 is 0. The molecule has 0 radical (unpaired) electrons. The van der Waals surface area contributed by atoms with Gasteiger partial charge in [0.15, 0.2) is 5.78 Å². The van der Waals surface area contributed by atoms with E-state index in [1.807, 2.05) is 0 Å². The van der Waals surface area contributed by atoms with E-state index < -0.39 is 17.7 Å². The molecule has 0 unspecified atom stereocenters. The van der Waals surface area contributed by atoms with Crippen LogP contribution in [0.15, 0.2) is 18.2 Å². The number of carboxylic acids is 1. The minimum Gasteiger partial charge on any atom is -0.478 e. The Bertz CT molecular complexity index is 475. The molecule has 76 valence electrons. The van der Waals surface area contributed by atoms with Crippen LogP contribution in [-0.4, -0.2) is 22.8 Å². The van der Waals surface area contributed by atoms with E-state index in [0.29, 0.717) is 0 Å². The van der Waals surface area contributed by atoms with E-state index in [9.17, 15) is 14.4 Å². The van der Waals surface area contributed by atoms with E-state index in [4.69, 9.17) is 9.84 Å². The lowest BCUT2D eigenvalue weighted by Crippen LogP contribution is -2.21. The van der Waals surface area contributed by atoms with Gasteiger partial charge in [-0.1, -0.05) is 0 Å². The summed E-state index contributed by atoms with van der Waals surface area (Å²) in [6.07, 6.45) is -0.337. The van der Waals surface area contributed by atoms with E-state index in [-0.39, 0.29) is 23.3 Å². The fraction of sp³-hybridized carbons (Fsp3) is 0.100. The normalized spacial score (nSPS) is 14.4. The van der Waals surface area contributed by atoms with Crippen LogP contribution in [0.3, 0.4) is 0 Å². The first-order valence-corrected chi connectivity index (χ1v) is 4.19. The molecule has 0 aromatic heterocycles. The number of carboxylic acid groups (broad SMARTS) is 1. The average molecular weight is 206 g/mol. The molecule has 0 amide bonds. The summed E-state index contributed by atoms with van der Waals surface area (Å²) in [5, 5.41) is 8.71. The zero-order valence-corrected chi connectivity index (χ0v) is 7.52. The number of carbonyl (C=O) groups is 3. The number of rotatable bonds is 1. The molecule has 0 saturated heterocycles. The summed E-state index contributed by atoms with van der Waals surface area (Å²) < 4.78 is 4.78. The number of ether oxygens (including phenoxy) is 1. The Kier molecular flexibility index (Phi) is 2.00. The predicted molar refractivity (Wildman–Crippen MR) is 48.0 cm³/mol. The molecule has 0 saturated carbocycles. The first-order chi connectivity index (χ1) is 7.08. The maximum atomic E-state index is 11.4. The van der Waals surface area contributed by atoms with E-state index in [1.54, 1.807) is 0 Å². The smallest absolute Gasteiger partial charge is 0.335 e. The Morgan fingerprint density at radius 1 is 1.33 bits per heavy atom. The first kappa shape index (κ1) is 9.39. The Balaban J connectivity index is 2.52. The van der Waals surface area contributed by atoms with Crippen molar-refractivity contribution < 1.29 is 24.2 Å². The van der Waals surface area contributed by atoms with Gasteiger partial charge >= 0.3 is 11.9 Å². The molecule has 5 nitrogen and oxygen atoms in total. The molecule has 0 aliphatic carbocycles. The fourth-order valence-corrected chi connectivity index (χ4v) is 1.35. The molecule has 5 heteroatoms. The molecule has 1 aliphatic rings. The molecule has 1 aromatic rings. The van der Waals surface area contributed by atoms with Gasteiger partial charge in [0.2, 0.25) is 0 Å². The van der Waals surface area contributed by atoms with Crippen LogP contribution in [0.2, 0.25) is 0 Å². The minimum atomic E-state index is -1.12. The summed E-state index contributed by atoms with van der Waals surface area (Å²) in [7, 11) is 0. The quantitative estimate of drug-likeness (QED) is 0.419. The van der Waals surface area contributed by atoms with Gasteiger partial charge in [0, 0.05) is 0 Å². The van der Waals surface area contributed by atoms with Crippen molar-refractivity contribution in [3.63, 3.8) is 0 Å². The average Bonchev–Trinajstić information content (AvgIpc) is 2.16. The highest BCUT2D eigenvalue weighted by Crippen LogP contribution is 2.26. The van der Waals surface area contributed by atoms with Crippen LogP contribution in [0.1, 0.15) is 27.1 Å². The van der Waals surface area contributed by atoms with Crippen LogP contribution in [0.25, 0.3) is 0 Å². The number of aromatic carboxylic acids is 1. The van der Waals surface area contributed by atoms with Crippen LogP contribution < -0.4 is 4.74 Å². The third-order valence-electron chi connectivity index (χ3n) is 2.06. The lowest BCUT2D eigenvalue weighted by Gasteiger charge is -2.14. The first-order valence-electron chi connectivity index (χ1n) is 4.19. The maximum Gasteiger partial charge on any atom is 0.335 e. The highest BCUT2D eigenvalue weighted by Gasteiger charge is 2.25. The minimum absolute atomic E-state index is 0.0000454. The third-order valence-corrected chi connectivity index (χ3v) is 2.06. The van der Waals surface area contributed by atoms with Gasteiger partial charge in [-0.15, -0.1) is 0 Å². The highest BCUT2D eigenvalue weighted by atomic mass is 16.5. The molecule has 2 rings (SSSR count). The lowest BCUT2D eigenvalue weighted by atomic mass is 10.0. The van der Waals surface area contributed by atoms with Crippen molar-refractivity contribution in [1.82, 2.24) is 0 Å². The van der Waals surface area contributed by atoms with Crippen LogP contribution >= 0.6 is 0 Å². The Labute approximate surface area is 84.3 Å². The maximum absolute atomic E-state index is 11.4. The molecule has 0 spiro atoms. The molecule has 1 heterocycles. The van der Waals surface area contributed by atoms with Crippen molar-refractivity contribution in [1.29, 1.82) is 0 Å². The van der Waals surface area contributed by atoms with Crippen molar-refractivity contribution in [2.24, 2.45) is 0 Å². The summed E-state index contributed by atoms with van der Waals surface area (Å²) in [6, 6.07) is 3.81. The Morgan fingerprint density at radius 2 is 2.07 bits per heavy atom. The zero-order valence-electron chi connectivity index (χ0n) is 7.52. The molecule has 0 fully saturated rings. The number of benzene rings is 1. The monoisotopic (exact) mass is 206 g/mol. The lowest BCUT2D eigenvalue weighted by molar-refractivity contribution is -0.133. The van der Waals surface area contributed by atoms with Crippen molar-refractivity contribution in [3.8, 4) is 5.75 Å². The van der Waals surface area contributed by atoms with Gasteiger partial charge in [-0.25, -0.2) is 4.79 Å². The standard InChI is InChI=1S/C10H6O5/c11-7-4-9(12)15-8-2-1-5(10(13)14)3-6(7)8/h1-3H,4H2,(H,13,14). The van der Waals surface area contributed by atoms with Gasteiger partial charge < -0.3 is 9.84 Å². The molecule has 0 atom stereocenters. The third kappa shape index (κ3) is 1.59. The van der Waals surface area contributed by atoms with Gasteiger partial charge in [-0.05, 0) is 18.2 Å². The zero-order chi connectivity index (χ0) is 11.0. The van der Waals surface area contributed by atoms with E-state index in [0.717, 1.165) is 0 Å². The second-order valence-electron chi connectivity index (χ2n) is 3.09. The SMILES string of the molecule is O=C1CC(=O)c2cc(C(=O)O)ccc2O1. The van der Waals surface area contributed by atoms with Crippen molar-refractivity contribution in [3.05, 3.63) is 29.3 Å². The fourth-order valence-electron chi connectivity index (χ4n) is 1.35. The number of Topliss-reactive ketones (excluding diaryl/α,β-unsaturated/α-hetero) is 1. The Morgan fingerprint density at radius 3 is 2.73 bits per heavy atom. The Hall–Kier alpha value is -2.17. The molecule has 1 N–H and O–H groups in total. The number of ketones is 1. The van der Waals surface area contributed by atoms with Gasteiger partial charge in [-0.2, -0.15) is 0 Å². The van der Waals surface area contributed by atoms with E-state index >= 15 is 0 Å². The molecular formula is C10H6O5. The highest BCUT2D eigenvalue weighted by molar-refractivity contribution is 6.11. The van der Waals surface area contributed by atoms with Gasteiger partial charge in [0.05, 0.1) is 11.1 Å². The molecule has 1 aromatic carbocycles. The second kappa shape index (κ2) is 3.20. The second-order valence-corrected chi connectivity index (χ2v) is 3.09. The van der Waals surface area contributed by atoms with Gasteiger partial charge in [-0.3, -0.25) is 9.59 Å². The van der Waals surface area contributed by atoms with E-state index in [2.05, 4.69) is 0 Å². The van der Waals surface area contributed by atoms with Crippen LogP contribution in [0.5, 0.6) is 5.75 Å². The molecule has 15 heavy (non-hydrogen) atoms. The summed E-state index contributed by atoms with van der Waals surface area (Å²) in [6.45, 7) is 0. The van der Waals surface area contributed by atoms with Crippen molar-refractivity contribution >= 4 is 17.7 Å². The number of hydrogen-bond acceptors (Lipinski definition) is 4. The van der Waals surface area contributed by atoms with Crippen LogP contribution in [0.4, 0.5) is 0 Å². The van der Waals surface area contributed by atoms with Crippen molar-refractivity contribution in [2.75, 3.05) is 0 Å². The topological polar surface area (TPSA) is 80.7 Å². The summed E-state index contributed by atoms with van der Waals surface area (Å²) in [5.41, 5.74) is 0.148. The number of esters is 1. The molecule has 0 bridgehead atoms. The van der Waals surface area contributed by atoms with E-state index in [1.165, 1.54) is 18.2 Å².